The molecule has 0 aliphatic carbocycles. The van der Waals surface area contributed by atoms with Gasteiger partial charge in [-0.25, -0.2) is 4.39 Å². The van der Waals surface area contributed by atoms with Crippen molar-refractivity contribution >= 4 is 12.4 Å². The number of nitrogens with one attached hydrogen (secondary N) is 1. The van der Waals surface area contributed by atoms with Crippen LogP contribution in [0.3, 0.4) is 0 Å². The Balaban J connectivity index is 0.00000162. The molecule has 18 heavy (non-hydrogen) atoms. The van der Waals surface area contributed by atoms with Crippen molar-refractivity contribution in [2.24, 2.45) is 5.41 Å². The molecule has 102 valence electrons. The fourth-order valence-electron chi connectivity index (χ4n) is 2.34. The molecule has 1 aromatic carbocycles. The van der Waals surface area contributed by atoms with E-state index in [0.717, 1.165) is 19.4 Å². The SMILES string of the molecule is CC1(C)CC[C@H]([C@H](O)c2cccc(F)c2)NC1.Cl. The van der Waals surface area contributed by atoms with Gasteiger partial charge in [0.05, 0.1) is 6.10 Å². The van der Waals surface area contributed by atoms with Crippen LogP contribution < -0.4 is 5.32 Å². The molecular formula is C14H21ClFNO. The van der Waals surface area contributed by atoms with Gasteiger partial charge in [0.15, 0.2) is 0 Å². The lowest BCUT2D eigenvalue weighted by Crippen LogP contribution is -2.46. The topological polar surface area (TPSA) is 32.3 Å². The van der Waals surface area contributed by atoms with Gasteiger partial charge in [-0.05, 0) is 36.0 Å². The Kier molecular flexibility index (Phi) is 5.14. The number of aliphatic hydroxyl groups is 1. The van der Waals surface area contributed by atoms with Crippen molar-refractivity contribution in [1.82, 2.24) is 5.32 Å². The van der Waals surface area contributed by atoms with Gasteiger partial charge in [-0.3, -0.25) is 0 Å². The van der Waals surface area contributed by atoms with Crippen LogP contribution in [-0.4, -0.2) is 17.7 Å². The molecule has 1 heterocycles. The molecule has 1 aliphatic rings. The molecule has 0 radical (unpaired) electrons. The van der Waals surface area contributed by atoms with E-state index in [1.54, 1.807) is 12.1 Å². The van der Waals surface area contributed by atoms with Crippen molar-refractivity contribution in [2.75, 3.05) is 6.54 Å². The van der Waals surface area contributed by atoms with Crippen molar-refractivity contribution in [3.05, 3.63) is 35.6 Å². The molecular weight excluding hydrogens is 253 g/mol. The first-order valence-corrected chi connectivity index (χ1v) is 6.15. The first kappa shape index (κ1) is 15.4. The molecule has 2 rings (SSSR count). The smallest absolute Gasteiger partial charge is 0.123 e. The summed E-state index contributed by atoms with van der Waals surface area (Å²) < 4.78 is 13.1. The van der Waals surface area contributed by atoms with E-state index in [4.69, 9.17) is 0 Å². The monoisotopic (exact) mass is 273 g/mol. The number of halogens is 2. The van der Waals surface area contributed by atoms with E-state index in [0.29, 0.717) is 5.56 Å². The molecule has 1 aliphatic heterocycles. The van der Waals surface area contributed by atoms with Crippen molar-refractivity contribution in [3.8, 4) is 0 Å². The van der Waals surface area contributed by atoms with E-state index in [9.17, 15) is 9.50 Å². The maximum absolute atomic E-state index is 13.1. The second kappa shape index (κ2) is 6.00. The summed E-state index contributed by atoms with van der Waals surface area (Å²) in [5, 5.41) is 13.6. The highest BCUT2D eigenvalue weighted by molar-refractivity contribution is 5.85. The minimum absolute atomic E-state index is 0. The molecule has 0 amide bonds. The minimum atomic E-state index is -0.623. The van der Waals surface area contributed by atoms with Crippen molar-refractivity contribution in [1.29, 1.82) is 0 Å². The van der Waals surface area contributed by atoms with Crippen LogP contribution in [0.1, 0.15) is 38.4 Å². The average molecular weight is 274 g/mol. The largest absolute Gasteiger partial charge is 0.387 e. The van der Waals surface area contributed by atoms with Crippen LogP contribution in [0.5, 0.6) is 0 Å². The normalized spacial score (nSPS) is 24.1. The number of hydrogen-bond acceptors (Lipinski definition) is 2. The third-order valence-electron chi connectivity index (χ3n) is 3.55. The zero-order valence-corrected chi connectivity index (χ0v) is 11.6. The second-order valence-corrected chi connectivity index (χ2v) is 5.69. The quantitative estimate of drug-likeness (QED) is 0.868. The standard InChI is InChI=1S/C14H20FNO.ClH/c1-14(2)7-6-12(16-9-14)13(17)10-4-3-5-11(15)8-10;/h3-5,8,12-13,16-17H,6-7,9H2,1-2H3;1H/t12-,13-;/m1./s1. The van der Waals surface area contributed by atoms with Crippen LogP contribution in [0.4, 0.5) is 4.39 Å². The van der Waals surface area contributed by atoms with Gasteiger partial charge in [0.1, 0.15) is 5.82 Å². The average Bonchev–Trinajstić information content (AvgIpc) is 2.28. The zero-order chi connectivity index (χ0) is 12.5. The lowest BCUT2D eigenvalue weighted by molar-refractivity contribution is 0.0867. The third-order valence-corrected chi connectivity index (χ3v) is 3.55. The molecule has 0 aromatic heterocycles. The van der Waals surface area contributed by atoms with Crippen molar-refractivity contribution < 1.29 is 9.50 Å². The molecule has 2 atom stereocenters. The fourth-order valence-corrected chi connectivity index (χ4v) is 2.34. The molecule has 4 heteroatoms. The summed E-state index contributed by atoms with van der Waals surface area (Å²) in [7, 11) is 0. The predicted octanol–water partition coefficient (Wildman–Crippen LogP) is 3.06. The van der Waals surface area contributed by atoms with Gasteiger partial charge in [-0.1, -0.05) is 26.0 Å². The van der Waals surface area contributed by atoms with Crippen LogP contribution in [0, 0.1) is 11.2 Å². The first-order valence-electron chi connectivity index (χ1n) is 6.15. The third kappa shape index (κ3) is 3.67. The molecule has 0 unspecified atom stereocenters. The highest BCUT2D eigenvalue weighted by Gasteiger charge is 2.30. The molecule has 0 spiro atoms. The van der Waals surface area contributed by atoms with Gasteiger partial charge in [-0.2, -0.15) is 0 Å². The van der Waals surface area contributed by atoms with E-state index in [1.165, 1.54) is 12.1 Å². The maximum atomic E-state index is 13.1. The van der Waals surface area contributed by atoms with Crippen LogP contribution >= 0.6 is 12.4 Å². The summed E-state index contributed by atoms with van der Waals surface area (Å²) in [6.07, 6.45) is 1.38. The van der Waals surface area contributed by atoms with Crippen LogP contribution in [0.15, 0.2) is 24.3 Å². The predicted molar refractivity (Wildman–Crippen MR) is 73.4 cm³/mol. The van der Waals surface area contributed by atoms with E-state index in [1.807, 2.05) is 0 Å². The Labute approximate surface area is 114 Å². The van der Waals surface area contributed by atoms with Gasteiger partial charge >= 0.3 is 0 Å². The number of piperidine rings is 1. The van der Waals surface area contributed by atoms with E-state index in [-0.39, 0.29) is 29.7 Å². The Hall–Kier alpha value is -0.640. The highest BCUT2D eigenvalue weighted by atomic mass is 35.5. The second-order valence-electron chi connectivity index (χ2n) is 5.69. The van der Waals surface area contributed by atoms with Crippen LogP contribution in [0.25, 0.3) is 0 Å². The summed E-state index contributed by atoms with van der Waals surface area (Å²) >= 11 is 0. The summed E-state index contributed by atoms with van der Waals surface area (Å²) in [5.41, 5.74) is 0.945. The Morgan fingerprint density at radius 3 is 2.72 bits per heavy atom. The van der Waals surface area contributed by atoms with E-state index < -0.39 is 6.10 Å². The number of aliphatic hydroxyl groups excluding tert-OH is 1. The minimum Gasteiger partial charge on any atom is -0.387 e. The highest BCUT2D eigenvalue weighted by Crippen LogP contribution is 2.31. The summed E-state index contributed by atoms with van der Waals surface area (Å²) in [5.74, 6) is -0.294. The Morgan fingerprint density at radius 1 is 1.44 bits per heavy atom. The van der Waals surface area contributed by atoms with Gasteiger partial charge < -0.3 is 10.4 Å². The molecule has 1 saturated heterocycles. The number of benzene rings is 1. The van der Waals surface area contributed by atoms with Crippen LogP contribution in [0.2, 0.25) is 0 Å². The zero-order valence-electron chi connectivity index (χ0n) is 10.8. The number of rotatable bonds is 2. The molecule has 2 N–H and O–H groups in total. The fraction of sp³-hybridized carbons (Fsp3) is 0.571. The lowest BCUT2D eigenvalue weighted by atomic mass is 9.80. The van der Waals surface area contributed by atoms with Crippen molar-refractivity contribution in [3.63, 3.8) is 0 Å². The van der Waals surface area contributed by atoms with E-state index in [2.05, 4.69) is 19.2 Å². The van der Waals surface area contributed by atoms with Crippen molar-refractivity contribution in [2.45, 2.75) is 38.8 Å². The Morgan fingerprint density at radius 2 is 2.17 bits per heavy atom. The molecule has 1 fully saturated rings. The summed E-state index contributed by atoms with van der Waals surface area (Å²) in [4.78, 5) is 0. The molecule has 2 nitrogen and oxygen atoms in total. The summed E-state index contributed by atoms with van der Waals surface area (Å²) in [6, 6.07) is 6.25. The lowest BCUT2D eigenvalue weighted by Gasteiger charge is -2.37. The molecule has 0 saturated carbocycles. The summed E-state index contributed by atoms with van der Waals surface area (Å²) in [6.45, 7) is 5.32. The molecule has 1 aromatic rings. The molecule has 0 bridgehead atoms. The first-order chi connectivity index (χ1) is 7.98. The van der Waals surface area contributed by atoms with Gasteiger partial charge in [-0.15, -0.1) is 12.4 Å². The maximum Gasteiger partial charge on any atom is 0.123 e. The van der Waals surface area contributed by atoms with E-state index >= 15 is 0 Å². The van der Waals surface area contributed by atoms with Gasteiger partial charge in [0.25, 0.3) is 0 Å². The number of hydrogen-bond donors (Lipinski definition) is 2. The Bertz CT molecular complexity index is 387. The van der Waals surface area contributed by atoms with Crippen LogP contribution in [-0.2, 0) is 0 Å². The van der Waals surface area contributed by atoms with Gasteiger partial charge in [0, 0.05) is 12.6 Å². The van der Waals surface area contributed by atoms with Gasteiger partial charge in [0.2, 0.25) is 0 Å².